The van der Waals surface area contributed by atoms with Gasteiger partial charge in [-0.2, -0.15) is 0 Å². The van der Waals surface area contributed by atoms with Crippen LogP contribution in [0.3, 0.4) is 0 Å². The molecule has 0 heterocycles. The van der Waals surface area contributed by atoms with Gasteiger partial charge < -0.3 is 40.4 Å². The zero-order valence-electron chi connectivity index (χ0n) is 12.3. The Morgan fingerprint density at radius 1 is 1.18 bits per heavy atom. The van der Waals surface area contributed by atoms with Gasteiger partial charge in [0, 0.05) is 6.54 Å². The van der Waals surface area contributed by atoms with Crippen LogP contribution in [0.4, 0.5) is 0 Å². The molecule has 22 heavy (non-hydrogen) atoms. The summed E-state index contributed by atoms with van der Waals surface area (Å²) in [4.78, 5) is 0. The van der Waals surface area contributed by atoms with Gasteiger partial charge in [-0.05, 0) is 31.2 Å². The zero-order chi connectivity index (χ0) is 16.5. The van der Waals surface area contributed by atoms with Crippen LogP contribution in [-0.2, 0) is 9.47 Å². The summed E-state index contributed by atoms with van der Waals surface area (Å²) in [6.45, 7) is 1.28. The molecular formula is C14H23NO7. The minimum Gasteiger partial charge on any atom is -0.508 e. The molecule has 0 radical (unpaired) electrons. The molecule has 4 atom stereocenters. The van der Waals surface area contributed by atoms with Crippen LogP contribution in [0, 0.1) is 0 Å². The van der Waals surface area contributed by atoms with E-state index in [1.54, 1.807) is 0 Å². The first kappa shape index (κ1) is 18.6. The lowest BCUT2D eigenvalue weighted by atomic mass is 10.2. The molecule has 1 rings (SSSR count). The summed E-state index contributed by atoms with van der Waals surface area (Å²) < 4.78 is 15.8. The van der Waals surface area contributed by atoms with E-state index in [4.69, 9.17) is 25.1 Å². The number of ether oxygens (including phenoxy) is 3. The molecule has 0 fully saturated rings. The number of phenols is 1. The van der Waals surface area contributed by atoms with E-state index in [0.29, 0.717) is 0 Å². The number of hydrogen-bond donors (Lipinski definition) is 5. The van der Waals surface area contributed by atoms with Crippen LogP contribution in [0.5, 0.6) is 11.5 Å². The van der Waals surface area contributed by atoms with Crippen LogP contribution in [0.1, 0.15) is 6.92 Å². The van der Waals surface area contributed by atoms with E-state index in [1.165, 1.54) is 31.2 Å². The quantitative estimate of drug-likeness (QED) is 0.352. The molecule has 8 heteroatoms. The van der Waals surface area contributed by atoms with E-state index in [-0.39, 0.29) is 24.7 Å². The summed E-state index contributed by atoms with van der Waals surface area (Å²) in [6, 6.07) is 5.70. The van der Waals surface area contributed by atoms with Crippen molar-refractivity contribution in [2.45, 2.75) is 31.7 Å². The number of aromatic hydroxyl groups is 1. The molecule has 0 spiro atoms. The largest absolute Gasteiger partial charge is 0.508 e. The van der Waals surface area contributed by atoms with E-state index in [2.05, 4.69) is 0 Å². The van der Waals surface area contributed by atoms with E-state index < -0.39 is 31.4 Å². The molecule has 1 aromatic carbocycles. The molecule has 0 saturated heterocycles. The second kappa shape index (κ2) is 9.57. The van der Waals surface area contributed by atoms with E-state index in [0.717, 1.165) is 0 Å². The fourth-order valence-corrected chi connectivity index (χ4v) is 1.57. The van der Waals surface area contributed by atoms with Gasteiger partial charge in [-0.3, -0.25) is 0 Å². The third kappa shape index (κ3) is 6.14. The molecule has 1 aromatic rings. The molecule has 0 aromatic heterocycles. The number of hydrogen-bond acceptors (Lipinski definition) is 8. The van der Waals surface area contributed by atoms with Crippen LogP contribution in [0.2, 0.25) is 0 Å². The summed E-state index contributed by atoms with van der Waals surface area (Å²) >= 11 is 0. The summed E-state index contributed by atoms with van der Waals surface area (Å²) in [6.07, 6.45) is -4.66. The second-order valence-electron chi connectivity index (χ2n) is 4.63. The van der Waals surface area contributed by atoms with Crippen LogP contribution in [0.15, 0.2) is 24.3 Å². The first-order valence-electron chi connectivity index (χ1n) is 6.87. The normalized spacial score (nSPS) is 16.8. The van der Waals surface area contributed by atoms with Crippen molar-refractivity contribution in [2.24, 2.45) is 5.73 Å². The van der Waals surface area contributed by atoms with E-state index in [1.807, 2.05) is 0 Å². The molecule has 0 aliphatic carbocycles. The number of benzene rings is 1. The average molecular weight is 317 g/mol. The number of rotatable bonds is 10. The summed E-state index contributed by atoms with van der Waals surface area (Å²) in [5.41, 5.74) is 5.34. The Hall–Kier alpha value is -1.42. The third-order valence-corrected chi connectivity index (χ3v) is 2.75. The Morgan fingerprint density at radius 3 is 2.32 bits per heavy atom. The first-order chi connectivity index (χ1) is 10.5. The van der Waals surface area contributed by atoms with Crippen molar-refractivity contribution in [1.29, 1.82) is 0 Å². The highest BCUT2D eigenvalue weighted by atomic mass is 16.7. The summed E-state index contributed by atoms with van der Waals surface area (Å²) in [5, 5.41) is 37.9. The lowest BCUT2D eigenvalue weighted by Gasteiger charge is -2.28. The molecule has 0 saturated carbocycles. The molecule has 8 nitrogen and oxygen atoms in total. The van der Waals surface area contributed by atoms with Crippen molar-refractivity contribution in [3.05, 3.63) is 24.3 Å². The Bertz CT molecular complexity index is 412. The van der Waals surface area contributed by atoms with Crippen LogP contribution in [-0.4, -0.2) is 65.0 Å². The lowest BCUT2D eigenvalue weighted by molar-refractivity contribution is -0.272. The fraction of sp³-hybridized carbons (Fsp3) is 0.571. The van der Waals surface area contributed by atoms with Gasteiger partial charge in [0.25, 0.3) is 0 Å². The first-order valence-corrected chi connectivity index (χ1v) is 6.87. The highest BCUT2D eigenvalue weighted by molar-refractivity contribution is 5.30. The Balaban J connectivity index is 2.69. The second-order valence-corrected chi connectivity index (χ2v) is 4.63. The van der Waals surface area contributed by atoms with Crippen molar-refractivity contribution in [2.75, 3.05) is 19.8 Å². The van der Waals surface area contributed by atoms with Crippen molar-refractivity contribution in [3.8, 4) is 11.5 Å². The standard InChI is InChI=1S/C14H23NO7/c1-9(17)12(8-16)22-14(20-7-6-15)13(19)21-11-4-2-10(18)3-5-11/h2-5,9,12-14,16-19H,6-8,15H2,1H3/t9?,12?,13-,14?/m1/s1. The highest BCUT2D eigenvalue weighted by Crippen LogP contribution is 2.19. The van der Waals surface area contributed by atoms with Crippen molar-refractivity contribution in [3.63, 3.8) is 0 Å². The van der Waals surface area contributed by atoms with Gasteiger partial charge in [0.2, 0.25) is 12.6 Å². The Labute approximate surface area is 128 Å². The van der Waals surface area contributed by atoms with Gasteiger partial charge in [-0.25, -0.2) is 0 Å². The van der Waals surface area contributed by atoms with Gasteiger partial charge in [0.15, 0.2) is 0 Å². The fourth-order valence-electron chi connectivity index (χ4n) is 1.57. The van der Waals surface area contributed by atoms with Gasteiger partial charge in [0.05, 0.1) is 19.3 Å². The molecule has 6 N–H and O–H groups in total. The van der Waals surface area contributed by atoms with Crippen molar-refractivity contribution in [1.82, 2.24) is 0 Å². The topological polar surface area (TPSA) is 135 Å². The maximum atomic E-state index is 10.0. The predicted octanol–water partition coefficient (Wildman–Crippen LogP) is -0.851. The van der Waals surface area contributed by atoms with E-state index in [9.17, 15) is 15.3 Å². The van der Waals surface area contributed by atoms with Crippen LogP contribution >= 0.6 is 0 Å². The molecule has 3 unspecified atom stereocenters. The van der Waals surface area contributed by atoms with E-state index >= 15 is 0 Å². The van der Waals surface area contributed by atoms with Crippen LogP contribution < -0.4 is 10.5 Å². The Kier molecular flexibility index (Phi) is 8.10. The Morgan fingerprint density at radius 2 is 1.82 bits per heavy atom. The van der Waals surface area contributed by atoms with Crippen molar-refractivity contribution < 1.29 is 34.6 Å². The minimum absolute atomic E-state index is 0.0588. The third-order valence-electron chi connectivity index (χ3n) is 2.75. The maximum absolute atomic E-state index is 10.0. The number of phenolic OH excluding ortho intramolecular Hbond substituents is 1. The van der Waals surface area contributed by atoms with Gasteiger partial charge in [-0.15, -0.1) is 0 Å². The van der Waals surface area contributed by atoms with Gasteiger partial charge in [-0.1, -0.05) is 0 Å². The maximum Gasteiger partial charge on any atom is 0.249 e. The van der Waals surface area contributed by atoms with Gasteiger partial charge >= 0.3 is 0 Å². The summed E-state index contributed by atoms with van der Waals surface area (Å²) in [7, 11) is 0. The summed E-state index contributed by atoms with van der Waals surface area (Å²) in [5.74, 6) is 0.344. The zero-order valence-corrected chi connectivity index (χ0v) is 12.3. The number of nitrogens with two attached hydrogens (primary N) is 1. The lowest BCUT2D eigenvalue weighted by Crippen LogP contribution is -2.43. The highest BCUT2D eigenvalue weighted by Gasteiger charge is 2.28. The van der Waals surface area contributed by atoms with Gasteiger partial charge in [0.1, 0.15) is 17.6 Å². The molecule has 0 aliphatic rings. The SMILES string of the molecule is CC(O)C(CO)OC(OCCN)[C@H](O)Oc1ccc(O)cc1. The predicted molar refractivity (Wildman–Crippen MR) is 77.2 cm³/mol. The average Bonchev–Trinajstić information content (AvgIpc) is 2.49. The molecule has 126 valence electrons. The number of aliphatic hydroxyl groups is 3. The molecule has 0 amide bonds. The molecule has 0 aliphatic heterocycles. The van der Waals surface area contributed by atoms with Crippen LogP contribution in [0.25, 0.3) is 0 Å². The monoisotopic (exact) mass is 317 g/mol. The minimum atomic E-state index is -1.51. The molecular weight excluding hydrogens is 294 g/mol. The smallest absolute Gasteiger partial charge is 0.249 e. The molecule has 0 bridgehead atoms. The number of aliphatic hydroxyl groups excluding tert-OH is 3. The van der Waals surface area contributed by atoms with Crippen molar-refractivity contribution >= 4 is 0 Å².